The Morgan fingerprint density at radius 3 is 2.75 bits per heavy atom. The van der Waals surface area contributed by atoms with Gasteiger partial charge in [-0.2, -0.15) is 0 Å². The summed E-state index contributed by atoms with van der Waals surface area (Å²) in [5.41, 5.74) is -1.68. The van der Waals surface area contributed by atoms with Crippen molar-refractivity contribution in [2.75, 3.05) is 6.61 Å². The third-order valence-corrected chi connectivity index (χ3v) is 2.22. The molecule has 0 fully saturated rings. The number of hydrogen-bond acceptors (Lipinski definition) is 3. The van der Waals surface area contributed by atoms with Crippen LogP contribution in [0.25, 0.3) is 0 Å². The Balaban J connectivity index is 3.29. The van der Waals surface area contributed by atoms with Gasteiger partial charge in [-0.1, -0.05) is 0 Å². The SMILES string of the molecule is CCOC(=O)c1nc(I)cc(F)c1C(F)F. The van der Waals surface area contributed by atoms with Gasteiger partial charge in [-0.15, -0.1) is 0 Å². The zero-order chi connectivity index (χ0) is 12.3. The first kappa shape index (κ1) is 13.2. The van der Waals surface area contributed by atoms with Crippen molar-refractivity contribution in [1.82, 2.24) is 4.98 Å². The molecule has 0 aliphatic heterocycles. The molecule has 1 aromatic heterocycles. The van der Waals surface area contributed by atoms with Crippen LogP contribution in [0.4, 0.5) is 13.2 Å². The number of pyridine rings is 1. The minimum absolute atomic E-state index is 0.0102. The van der Waals surface area contributed by atoms with Crippen LogP contribution in [-0.4, -0.2) is 17.6 Å². The van der Waals surface area contributed by atoms with E-state index in [0.29, 0.717) is 0 Å². The first-order chi connectivity index (χ1) is 7.47. The first-order valence-electron chi connectivity index (χ1n) is 4.28. The minimum Gasteiger partial charge on any atom is -0.461 e. The molecule has 0 atom stereocenters. The largest absolute Gasteiger partial charge is 0.461 e. The van der Waals surface area contributed by atoms with E-state index in [1.807, 2.05) is 0 Å². The lowest BCUT2D eigenvalue weighted by Crippen LogP contribution is -2.13. The molecule has 0 radical (unpaired) electrons. The smallest absolute Gasteiger partial charge is 0.357 e. The van der Waals surface area contributed by atoms with E-state index in [-0.39, 0.29) is 10.3 Å². The average Bonchev–Trinajstić information content (AvgIpc) is 2.15. The highest BCUT2D eigenvalue weighted by molar-refractivity contribution is 14.1. The fourth-order valence-electron chi connectivity index (χ4n) is 1.06. The molecule has 0 saturated carbocycles. The molecule has 3 nitrogen and oxygen atoms in total. The summed E-state index contributed by atoms with van der Waals surface area (Å²) in [7, 11) is 0. The van der Waals surface area contributed by atoms with Crippen molar-refractivity contribution in [1.29, 1.82) is 0 Å². The Kier molecular flexibility index (Phi) is 4.51. The fourth-order valence-corrected chi connectivity index (χ4v) is 1.57. The second kappa shape index (κ2) is 5.46. The lowest BCUT2D eigenvalue weighted by atomic mass is 10.2. The van der Waals surface area contributed by atoms with Crippen molar-refractivity contribution in [3.8, 4) is 0 Å². The Hall–Kier alpha value is -0.860. The Labute approximate surface area is 103 Å². The number of carbonyl (C=O) groups is 1. The summed E-state index contributed by atoms with van der Waals surface area (Å²) in [4.78, 5) is 14.9. The second-order valence-corrected chi connectivity index (χ2v) is 3.82. The Morgan fingerprint density at radius 2 is 2.25 bits per heavy atom. The van der Waals surface area contributed by atoms with Gasteiger partial charge in [-0.25, -0.2) is 22.9 Å². The van der Waals surface area contributed by atoms with Crippen LogP contribution in [-0.2, 0) is 4.74 Å². The molecular formula is C9H7F3INO2. The number of alkyl halides is 2. The predicted molar refractivity (Wildman–Crippen MR) is 57.8 cm³/mol. The summed E-state index contributed by atoms with van der Waals surface area (Å²) in [6, 6.07) is 0.838. The molecule has 0 aromatic carbocycles. The molecule has 1 rings (SSSR count). The summed E-state index contributed by atoms with van der Waals surface area (Å²) in [5, 5.41) is 0. The number of esters is 1. The lowest BCUT2D eigenvalue weighted by molar-refractivity contribution is 0.0505. The van der Waals surface area contributed by atoms with E-state index in [1.165, 1.54) is 6.92 Å². The summed E-state index contributed by atoms with van der Waals surface area (Å²) in [6.07, 6.45) is -3.11. The molecule has 0 aliphatic carbocycles. The van der Waals surface area contributed by atoms with Gasteiger partial charge in [0.1, 0.15) is 9.52 Å². The van der Waals surface area contributed by atoms with E-state index in [1.54, 1.807) is 22.6 Å². The van der Waals surface area contributed by atoms with Crippen molar-refractivity contribution in [2.45, 2.75) is 13.3 Å². The van der Waals surface area contributed by atoms with Gasteiger partial charge in [-0.05, 0) is 29.5 Å². The van der Waals surface area contributed by atoms with Crippen LogP contribution >= 0.6 is 22.6 Å². The van der Waals surface area contributed by atoms with E-state index < -0.39 is 29.5 Å². The zero-order valence-electron chi connectivity index (χ0n) is 8.14. The van der Waals surface area contributed by atoms with Crippen LogP contribution in [0.1, 0.15) is 29.4 Å². The predicted octanol–water partition coefficient (Wildman–Crippen LogP) is 2.94. The van der Waals surface area contributed by atoms with Gasteiger partial charge in [0.15, 0.2) is 5.69 Å². The standard InChI is InChI=1S/C9H7F3INO2/c1-2-16-9(15)7-6(8(11)12)4(10)3-5(13)14-7/h3,8H,2H2,1H3. The Bertz CT molecular complexity index is 412. The number of halogens is 4. The number of hydrogen-bond donors (Lipinski definition) is 0. The number of ether oxygens (including phenoxy) is 1. The van der Waals surface area contributed by atoms with Crippen LogP contribution in [0.3, 0.4) is 0 Å². The van der Waals surface area contributed by atoms with Crippen molar-refractivity contribution in [3.63, 3.8) is 0 Å². The molecule has 0 bridgehead atoms. The van der Waals surface area contributed by atoms with Gasteiger partial charge in [0.2, 0.25) is 0 Å². The number of rotatable bonds is 3. The van der Waals surface area contributed by atoms with E-state index >= 15 is 0 Å². The van der Waals surface area contributed by atoms with Crippen LogP contribution in [0.5, 0.6) is 0 Å². The topological polar surface area (TPSA) is 39.2 Å². The fraction of sp³-hybridized carbons (Fsp3) is 0.333. The number of carbonyl (C=O) groups excluding carboxylic acids is 1. The van der Waals surface area contributed by atoms with E-state index in [9.17, 15) is 18.0 Å². The highest BCUT2D eigenvalue weighted by Gasteiger charge is 2.25. The zero-order valence-corrected chi connectivity index (χ0v) is 10.3. The van der Waals surface area contributed by atoms with Crippen molar-refractivity contribution in [2.24, 2.45) is 0 Å². The molecule has 0 amide bonds. The normalized spacial score (nSPS) is 10.6. The number of nitrogens with zero attached hydrogens (tertiary/aromatic N) is 1. The van der Waals surface area contributed by atoms with Gasteiger partial charge < -0.3 is 4.74 Å². The summed E-state index contributed by atoms with van der Waals surface area (Å²) >= 11 is 1.63. The molecule has 1 aromatic rings. The van der Waals surface area contributed by atoms with Gasteiger partial charge in [0.25, 0.3) is 6.43 Å². The summed E-state index contributed by atoms with van der Waals surface area (Å²) < 4.78 is 42.9. The maximum absolute atomic E-state index is 13.2. The third-order valence-electron chi connectivity index (χ3n) is 1.66. The molecule has 16 heavy (non-hydrogen) atoms. The minimum atomic E-state index is -3.11. The first-order valence-corrected chi connectivity index (χ1v) is 5.36. The number of aromatic nitrogens is 1. The highest BCUT2D eigenvalue weighted by atomic mass is 127. The lowest BCUT2D eigenvalue weighted by Gasteiger charge is -2.08. The van der Waals surface area contributed by atoms with Crippen LogP contribution in [0.2, 0.25) is 0 Å². The van der Waals surface area contributed by atoms with E-state index in [2.05, 4.69) is 9.72 Å². The third kappa shape index (κ3) is 2.83. The molecule has 0 saturated heterocycles. The van der Waals surface area contributed by atoms with Gasteiger partial charge in [0, 0.05) is 6.07 Å². The molecule has 0 N–H and O–H groups in total. The molecule has 88 valence electrons. The molecule has 0 aliphatic rings. The van der Waals surface area contributed by atoms with E-state index in [0.717, 1.165) is 6.07 Å². The highest BCUT2D eigenvalue weighted by Crippen LogP contribution is 2.26. The van der Waals surface area contributed by atoms with Gasteiger partial charge >= 0.3 is 5.97 Å². The van der Waals surface area contributed by atoms with E-state index in [4.69, 9.17) is 0 Å². The molecule has 7 heteroatoms. The van der Waals surface area contributed by atoms with Crippen molar-refractivity contribution < 1.29 is 22.7 Å². The van der Waals surface area contributed by atoms with Gasteiger partial charge in [0.05, 0.1) is 12.2 Å². The van der Waals surface area contributed by atoms with Crippen molar-refractivity contribution >= 4 is 28.6 Å². The summed E-state index contributed by atoms with van der Waals surface area (Å²) in [6.45, 7) is 1.53. The molecule has 1 heterocycles. The Morgan fingerprint density at radius 1 is 1.62 bits per heavy atom. The monoisotopic (exact) mass is 345 g/mol. The maximum Gasteiger partial charge on any atom is 0.357 e. The quantitative estimate of drug-likeness (QED) is 0.480. The van der Waals surface area contributed by atoms with Crippen LogP contribution in [0, 0.1) is 9.52 Å². The molecule has 0 spiro atoms. The maximum atomic E-state index is 13.2. The van der Waals surface area contributed by atoms with Crippen LogP contribution < -0.4 is 0 Å². The van der Waals surface area contributed by atoms with Crippen molar-refractivity contribution in [3.05, 3.63) is 26.8 Å². The summed E-state index contributed by atoms with van der Waals surface area (Å²) in [5.74, 6) is -2.20. The van der Waals surface area contributed by atoms with Crippen LogP contribution in [0.15, 0.2) is 6.07 Å². The molecule has 0 unspecified atom stereocenters. The molecular weight excluding hydrogens is 338 g/mol. The second-order valence-electron chi connectivity index (χ2n) is 2.71. The average molecular weight is 345 g/mol. The van der Waals surface area contributed by atoms with Gasteiger partial charge in [-0.3, -0.25) is 0 Å².